The van der Waals surface area contributed by atoms with Crippen LogP contribution in [-0.2, 0) is 4.79 Å². The summed E-state index contributed by atoms with van der Waals surface area (Å²) in [6, 6.07) is 0. The van der Waals surface area contributed by atoms with Crippen LogP contribution in [0.5, 0.6) is 0 Å². The Labute approximate surface area is 79.3 Å². The first-order chi connectivity index (χ1) is 6.18. The molecule has 0 saturated heterocycles. The number of rotatable bonds is 2. The lowest BCUT2D eigenvalue weighted by Gasteiger charge is -2.28. The van der Waals surface area contributed by atoms with Gasteiger partial charge in [-0.15, -0.1) is 0 Å². The normalized spacial score (nSPS) is 43.5. The summed E-state index contributed by atoms with van der Waals surface area (Å²) in [6.45, 7) is 2.22. The lowest BCUT2D eigenvalue weighted by Crippen LogP contribution is -2.20. The van der Waals surface area contributed by atoms with E-state index in [9.17, 15) is 4.79 Å². The maximum absolute atomic E-state index is 10.8. The summed E-state index contributed by atoms with van der Waals surface area (Å²) >= 11 is 0. The van der Waals surface area contributed by atoms with E-state index in [1.807, 2.05) is 0 Å². The van der Waals surface area contributed by atoms with Crippen molar-refractivity contribution in [2.45, 2.75) is 45.4 Å². The molecule has 2 aliphatic carbocycles. The molecule has 0 aliphatic heterocycles. The smallest absolute Gasteiger partial charge is 0.307 e. The van der Waals surface area contributed by atoms with Crippen molar-refractivity contribution < 1.29 is 9.90 Å². The third kappa shape index (κ3) is 1.47. The Morgan fingerprint density at radius 2 is 2.31 bits per heavy atom. The van der Waals surface area contributed by atoms with Gasteiger partial charge in [-0.25, -0.2) is 0 Å². The third-order valence-electron chi connectivity index (χ3n) is 4.05. The zero-order chi connectivity index (χ0) is 9.47. The molecule has 2 aliphatic rings. The second kappa shape index (κ2) is 3.00. The van der Waals surface area contributed by atoms with Crippen LogP contribution in [0.25, 0.3) is 0 Å². The quantitative estimate of drug-likeness (QED) is 0.713. The molecule has 13 heavy (non-hydrogen) atoms. The summed E-state index contributed by atoms with van der Waals surface area (Å²) < 4.78 is 0. The highest BCUT2D eigenvalue weighted by Gasteiger charge is 2.59. The fourth-order valence-corrected chi connectivity index (χ4v) is 3.07. The standard InChI is InChI=1S/C11H18O2/c1-2-8-4-3-5-11(6-8)7-9(11)10(12)13/h8-9H,2-7H2,1H3,(H,12,13). The molecule has 0 aromatic heterocycles. The first kappa shape index (κ1) is 9.04. The highest BCUT2D eigenvalue weighted by molar-refractivity contribution is 5.74. The minimum absolute atomic E-state index is 0.00171. The highest BCUT2D eigenvalue weighted by atomic mass is 16.4. The second-order valence-corrected chi connectivity index (χ2v) is 4.83. The van der Waals surface area contributed by atoms with Gasteiger partial charge in [-0.05, 0) is 30.6 Å². The lowest BCUT2D eigenvalue weighted by molar-refractivity contribution is -0.139. The third-order valence-corrected chi connectivity index (χ3v) is 4.05. The van der Waals surface area contributed by atoms with E-state index in [1.165, 1.54) is 32.1 Å². The first-order valence-corrected chi connectivity index (χ1v) is 5.41. The Morgan fingerprint density at radius 1 is 1.54 bits per heavy atom. The molecule has 1 N–H and O–H groups in total. The number of hydrogen-bond donors (Lipinski definition) is 1. The fraction of sp³-hybridized carbons (Fsp3) is 0.909. The van der Waals surface area contributed by atoms with Gasteiger partial charge in [0.1, 0.15) is 0 Å². The van der Waals surface area contributed by atoms with Gasteiger partial charge in [0.05, 0.1) is 5.92 Å². The van der Waals surface area contributed by atoms with Crippen molar-refractivity contribution in [3.8, 4) is 0 Å². The number of hydrogen-bond acceptors (Lipinski definition) is 1. The van der Waals surface area contributed by atoms with Crippen molar-refractivity contribution in [2.75, 3.05) is 0 Å². The molecule has 0 amide bonds. The Hall–Kier alpha value is -0.530. The molecule has 2 rings (SSSR count). The van der Waals surface area contributed by atoms with Crippen molar-refractivity contribution in [3.05, 3.63) is 0 Å². The molecule has 2 heteroatoms. The molecular weight excluding hydrogens is 164 g/mol. The summed E-state index contributed by atoms with van der Waals surface area (Å²) in [4.78, 5) is 10.8. The number of carboxylic acids is 1. The Balaban J connectivity index is 1.98. The van der Waals surface area contributed by atoms with E-state index in [1.54, 1.807) is 0 Å². The van der Waals surface area contributed by atoms with Gasteiger partial charge in [0.15, 0.2) is 0 Å². The van der Waals surface area contributed by atoms with Crippen LogP contribution in [0, 0.1) is 17.3 Å². The molecule has 0 bridgehead atoms. The average molecular weight is 182 g/mol. The first-order valence-electron chi connectivity index (χ1n) is 5.41. The second-order valence-electron chi connectivity index (χ2n) is 4.83. The Morgan fingerprint density at radius 3 is 2.85 bits per heavy atom. The zero-order valence-electron chi connectivity index (χ0n) is 8.25. The van der Waals surface area contributed by atoms with Crippen LogP contribution in [0.15, 0.2) is 0 Å². The fourth-order valence-electron chi connectivity index (χ4n) is 3.07. The number of carbonyl (C=O) groups is 1. The monoisotopic (exact) mass is 182 g/mol. The van der Waals surface area contributed by atoms with Crippen LogP contribution in [0.3, 0.4) is 0 Å². The van der Waals surface area contributed by atoms with Gasteiger partial charge in [0.25, 0.3) is 0 Å². The lowest BCUT2D eigenvalue weighted by atomic mass is 9.76. The van der Waals surface area contributed by atoms with Gasteiger partial charge < -0.3 is 5.11 Å². The topological polar surface area (TPSA) is 37.3 Å². The van der Waals surface area contributed by atoms with E-state index in [0.717, 1.165) is 12.3 Å². The average Bonchev–Trinajstić information content (AvgIpc) is 2.80. The van der Waals surface area contributed by atoms with Gasteiger partial charge in [-0.2, -0.15) is 0 Å². The van der Waals surface area contributed by atoms with Gasteiger partial charge in [0, 0.05) is 0 Å². The Bertz CT molecular complexity index is 224. The maximum atomic E-state index is 10.8. The van der Waals surface area contributed by atoms with Crippen LogP contribution in [0.2, 0.25) is 0 Å². The largest absolute Gasteiger partial charge is 0.481 e. The predicted octanol–water partition coefficient (Wildman–Crippen LogP) is 2.68. The molecule has 74 valence electrons. The van der Waals surface area contributed by atoms with Gasteiger partial charge in [0.2, 0.25) is 0 Å². The predicted molar refractivity (Wildman–Crippen MR) is 50.4 cm³/mol. The van der Waals surface area contributed by atoms with Crippen molar-refractivity contribution >= 4 is 5.97 Å². The minimum atomic E-state index is -0.559. The van der Waals surface area contributed by atoms with Crippen molar-refractivity contribution in [1.29, 1.82) is 0 Å². The van der Waals surface area contributed by atoms with E-state index in [0.29, 0.717) is 0 Å². The van der Waals surface area contributed by atoms with Gasteiger partial charge >= 0.3 is 5.97 Å². The van der Waals surface area contributed by atoms with E-state index >= 15 is 0 Å². The molecule has 3 atom stereocenters. The molecule has 0 aromatic rings. The van der Waals surface area contributed by atoms with E-state index < -0.39 is 5.97 Å². The van der Waals surface area contributed by atoms with E-state index in [4.69, 9.17) is 5.11 Å². The van der Waals surface area contributed by atoms with Crippen LogP contribution in [0.4, 0.5) is 0 Å². The Kier molecular flexibility index (Phi) is 2.09. The van der Waals surface area contributed by atoms with E-state index in [2.05, 4.69) is 6.92 Å². The summed E-state index contributed by atoms with van der Waals surface area (Å²) in [6.07, 6.45) is 7.11. The van der Waals surface area contributed by atoms with Crippen LogP contribution >= 0.6 is 0 Å². The molecule has 3 unspecified atom stereocenters. The summed E-state index contributed by atoms with van der Waals surface area (Å²) in [5.74, 6) is 0.247. The molecule has 2 saturated carbocycles. The summed E-state index contributed by atoms with van der Waals surface area (Å²) in [5.41, 5.74) is 0.241. The van der Waals surface area contributed by atoms with Crippen molar-refractivity contribution in [2.24, 2.45) is 17.3 Å². The molecule has 0 radical (unpaired) electrons. The van der Waals surface area contributed by atoms with Crippen LogP contribution in [0.1, 0.15) is 45.4 Å². The maximum Gasteiger partial charge on any atom is 0.307 e. The number of aliphatic carboxylic acids is 1. The summed E-state index contributed by atoms with van der Waals surface area (Å²) in [5, 5.41) is 8.93. The van der Waals surface area contributed by atoms with Crippen molar-refractivity contribution in [3.63, 3.8) is 0 Å². The molecular formula is C11H18O2. The molecule has 2 fully saturated rings. The molecule has 2 nitrogen and oxygen atoms in total. The molecule has 0 heterocycles. The van der Waals surface area contributed by atoms with Gasteiger partial charge in [-0.3, -0.25) is 4.79 Å². The van der Waals surface area contributed by atoms with Crippen LogP contribution in [-0.4, -0.2) is 11.1 Å². The summed E-state index contributed by atoms with van der Waals surface area (Å²) in [7, 11) is 0. The van der Waals surface area contributed by atoms with E-state index in [-0.39, 0.29) is 11.3 Å². The highest BCUT2D eigenvalue weighted by Crippen LogP contribution is 2.62. The SMILES string of the molecule is CCC1CCCC2(C1)CC2C(=O)O. The van der Waals surface area contributed by atoms with Crippen LogP contribution < -0.4 is 0 Å². The van der Waals surface area contributed by atoms with Crippen molar-refractivity contribution in [1.82, 2.24) is 0 Å². The van der Waals surface area contributed by atoms with Gasteiger partial charge in [-0.1, -0.05) is 26.2 Å². The molecule has 1 spiro atoms. The number of carboxylic acid groups (broad SMARTS) is 1. The minimum Gasteiger partial charge on any atom is -0.481 e. The zero-order valence-corrected chi connectivity index (χ0v) is 8.25. The molecule has 0 aromatic carbocycles.